The zero-order valence-electron chi connectivity index (χ0n) is 14.2. The van der Waals surface area contributed by atoms with Gasteiger partial charge < -0.3 is 15.0 Å². The molecule has 6 nitrogen and oxygen atoms in total. The number of hydrogen-bond donors (Lipinski definition) is 2. The molecule has 0 saturated carbocycles. The van der Waals surface area contributed by atoms with E-state index in [0.717, 1.165) is 49.6 Å². The summed E-state index contributed by atoms with van der Waals surface area (Å²) in [5, 5.41) is 2.74. The van der Waals surface area contributed by atoms with Crippen molar-refractivity contribution < 1.29 is 9.53 Å². The maximum absolute atomic E-state index is 11.9. The van der Waals surface area contributed by atoms with Crippen molar-refractivity contribution >= 4 is 5.91 Å². The second kappa shape index (κ2) is 7.24. The van der Waals surface area contributed by atoms with Crippen LogP contribution in [0.2, 0.25) is 0 Å². The number of carbonyl (C=O) groups is 1. The predicted molar refractivity (Wildman–Crippen MR) is 85.6 cm³/mol. The highest BCUT2D eigenvalue weighted by Gasteiger charge is 2.42. The van der Waals surface area contributed by atoms with E-state index in [2.05, 4.69) is 34.0 Å². The molecule has 22 heavy (non-hydrogen) atoms. The number of nitrogens with zero attached hydrogens (tertiary/aromatic N) is 2. The number of likely N-dealkylation sites (tertiary alicyclic amines) is 1. The number of aromatic amines is 1. The Kier molecular flexibility index (Phi) is 5.58. The van der Waals surface area contributed by atoms with Crippen LogP contribution < -0.4 is 5.32 Å². The number of rotatable bonds is 7. The zero-order valence-corrected chi connectivity index (χ0v) is 14.2. The van der Waals surface area contributed by atoms with Gasteiger partial charge in [0.1, 0.15) is 5.82 Å². The van der Waals surface area contributed by atoms with Gasteiger partial charge in [0.2, 0.25) is 5.91 Å². The molecule has 1 aromatic heterocycles. The number of aromatic nitrogens is 2. The van der Waals surface area contributed by atoms with Gasteiger partial charge in [0.15, 0.2) is 0 Å². The van der Waals surface area contributed by atoms with E-state index in [4.69, 9.17) is 4.74 Å². The Morgan fingerprint density at radius 1 is 1.55 bits per heavy atom. The summed E-state index contributed by atoms with van der Waals surface area (Å²) in [6.07, 6.45) is 3.45. The topological polar surface area (TPSA) is 70.2 Å². The molecule has 2 N–H and O–H groups in total. The molecule has 2 rings (SSSR count). The fourth-order valence-electron chi connectivity index (χ4n) is 3.38. The molecule has 0 radical (unpaired) electrons. The molecule has 0 aromatic carbocycles. The van der Waals surface area contributed by atoms with Gasteiger partial charge in [-0.05, 0) is 26.3 Å². The highest BCUT2D eigenvalue weighted by Crippen LogP contribution is 2.34. The molecule has 124 valence electrons. The van der Waals surface area contributed by atoms with Gasteiger partial charge in [-0.2, -0.15) is 0 Å². The van der Waals surface area contributed by atoms with Gasteiger partial charge in [-0.1, -0.05) is 6.92 Å². The van der Waals surface area contributed by atoms with Crippen LogP contribution in [-0.4, -0.2) is 53.6 Å². The van der Waals surface area contributed by atoms with Gasteiger partial charge >= 0.3 is 0 Å². The Morgan fingerprint density at radius 2 is 2.32 bits per heavy atom. The quantitative estimate of drug-likeness (QED) is 0.799. The standard InChI is InChI=1S/C16H28N4O2/c1-5-14-18-12(2)13(19-14)10-20-8-6-7-16(20,11-22-4)9-15(21)17-3/h5-11H2,1-4H3,(H,17,21)(H,18,19). The van der Waals surface area contributed by atoms with E-state index in [0.29, 0.717) is 13.0 Å². The van der Waals surface area contributed by atoms with Crippen molar-refractivity contribution in [1.29, 1.82) is 0 Å². The van der Waals surface area contributed by atoms with Crippen molar-refractivity contribution in [3.63, 3.8) is 0 Å². The van der Waals surface area contributed by atoms with E-state index >= 15 is 0 Å². The first-order chi connectivity index (χ1) is 10.5. The molecule has 1 unspecified atom stereocenters. The van der Waals surface area contributed by atoms with Gasteiger partial charge in [0.05, 0.1) is 17.8 Å². The van der Waals surface area contributed by atoms with Crippen molar-refractivity contribution in [1.82, 2.24) is 20.2 Å². The molecule has 1 saturated heterocycles. The monoisotopic (exact) mass is 308 g/mol. The Labute approximate surface area is 132 Å². The number of ether oxygens (including phenoxy) is 1. The number of imidazole rings is 1. The minimum Gasteiger partial charge on any atom is -0.383 e. The normalized spacial score (nSPS) is 22.2. The van der Waals surface area contributed by atoms with Gasteiger partial charge in [0, 0.05) is 39.2 Å². The van der Waals surface area contributed by atoms with E-state index in [9.17, 15) is 4.79 Å². The Bertz CT molecular complexity index is 514. The molecule has 1 aliphatic heterocycles. The molecule has 0 aliphatic carbocycles. The Balaban J connectivity index is 2.18. The first kappa shape index (κ1) is 17.0. The van der Waals surface area contributed by atoms with Crippen molar-refractivity contribution in [3.8, 4) is 0 Å². The largest absolute Gasteiger partial charge is 0.383 e. The summed E-state index contributed by atoms with van der Waals surface area (Å²) < 4.78 is 5.45. The second-order valence-corrected chi connectivity index (χ2v) is 6.14. The summed E-state index contributed by atoms with van der Waals surface area (Å²) in [7, 11) is 3.39. The Morgan fingerprint density at radius 3 is 2.91 bits per heavy atom. The van der Waals surface area contributed by atoms with E-state index < -0.39 is 0 Å². The number of amides is 1. The molecular formula is C16H28N4O2. The van der Waals surface area contributed by atoms with E-state index in [1.54, 1.807) is 14.2 Å². The fourth-order valence-corrected chi connectivity index (χ4v) is 3.38. The fraction of sp³-hybridized carbons (Fsp3) is 0.750. The van der Waals surface area contributed by atoms with Crippen LogP contribution in [0, 0.1) is 6.92 Å². The number of methoxy groups -OCH3 is 1. The molecule has 1 amide bonds. The van der Waals surface area contributed by atoms with Gasteiger partial charge in [-0.25, -0.2) is 4.98 Å². The lowest BCUT2D eigenvalue weighted by molar-refractivity contribution is -0.124. The van der Waals surface area contributed by atoms with E-state index in [1.807, 2.05) is 0 Å². The second-order valence-electron chi connectivity index (χ2n) is 6.14. The highest BCUT2D eigenvalue weighted by atomic mass is 16.5. The van der Waals surface area contributed by atoms with Crippen LogP contribution >= 0.6 is 0 Å². The lowest BCUT2D eigenvalue weighted by atomic mass is 9.92. The number of aryl methyl sites for hydroxylation is 2. The van der Waals surface area contributed by atoms with Crippen LogP contribution in [0.15, 0.2) is 0 Å². The lowest BCUT2D eigenvalue weighted by Crippen LogP contribution is -2.50. The van der Waals surface area contributed by atoms with Crippen LogP contribution in [0.25, 0.3) is 0 Å². The average Bonchev–Trinajstić information content (AvgIpc) is 3.04. The highest BCUT2D eigenvalue weighted by molar-refractivity contribution is 5.77. The Hall–Kier alpha value is -1.40. The number of hydrogen-bond acceptors (Lipinski definition) is 4. The van der Waals surface area contributed by atoms with Gasteiger partial charge in [0.25, 0.3) is 0 Å². The van der Waals surface area contributed by atoms with Crippen LogP contribution in [0.1, 0.15) is 43.4 Å². The maximum Gasteiger partial charge on any atom is 0.221 e. The predicted octanol–water partition coefficient (Wildman–Crippen LogP) is 1.40. The summed E-state index contributed by atoms with van der Waals surface area (Å²) in [4.78, 5) is 22.3. The maximum atomic E-state index is 11.9. The summed E-state index contributed by atoms with van der Waals surface area (Å²) >= 11 is 0. The van der Waals surface area contributed by atoms with E-state index in [-0.39, 0.29) is 11.4 Å². The molecular weight excluding hydrogens is 280 g/mol. The van der Waals surface area contributed by atoms with Gasteiger partial charge in [-0.3, -0.25) is 9.69 Å². The summed E-state index contributed by atoms with van der Waals surface area (Å²) in [5.74, 6) is 1.09. The van der Waals surface area contributed by atoms with Crippen LogP contribution in [0.4, 0.5) is 0 Å². The lowest BCUT2D eigenvalue weighted by Gasteiger charge is -2.37. The smallest absolute Gasteiger partial charge is 0.221 e. The third kappa shape index (κ3) is 3.50. The van der Waals surface area contributed by atoms with Crippen LogP contribution in [0.3, 0.4) is 0 Å². The average molecular weight is 308 g/mol. The minimum atomic E-state index is -0.216. The van der Waals surface area contributed by atoms with E-state index in [1.165, 1.54) is 0 Å². The van der Waals surface area contributed by atoms with Crippen molar-refractivity contribution in [2.24, 2.45) is 0 Å². The number of nitrogens with one attached hydrogen (secondary N) is 2. The summed E-state index contributed by atoms with van der Waals surface area (Å²) in [5.41, 5.74) is 1.98. The summed E-state index contributed by atoms with van der Waals surface area (Å²) in [6.45, 7) is 6.48. The molecule has 0 spiro atoms. The molecule has 2 heterocycles. The number of carbonyl (C=O) groups excluding carboxylic acids is 1. The summed E-state index contributed by atoms with van der Waals surface area (Å²) in [6, 6.07) is 0. The molecule has 1 aliphatic rings. The molecule has 1 atom stereocenters. The first-order valence-electron chi connectivity index (χ1n) is 8.03. The molecule has 1 fully saturated rings. The zero-order chi connectivity index (χ0) is 16.2. The third-order valence-electron chi connectivity index (χ3n) is 4.63. The molecule has 1 aromatic rings. The number of H-pyrrole nitrogens is 1. The van der Waals surface area contributed by atoms with Crippen LogP contribution in [0.5, 0.6) is 0 Å². The SMILES string of the molecule is CCc1nc(CN2CCCC2(COC)CC(=O)NC)c(C)[nH]1. The van der Waals surface area contributed by atoms with Crippen LogP contribution in [-0.2, 0) is 22.5 Å². The minimum absolute atomic E-state index is 0.0666. The first-order valence-corrected chi connectivity index (χ1v) is 8.03. The molecule has 6 heteroatoms. The molecule has 0 bridgehead atoms. The van der Waals surface area contributed by atoms with Crippen molar-refractivity contribution in [3.05, 3.63) is 17.2 Å². The van der Waals surface area contributed by atoms with Crippen molar-refractivity contribution in [2.45, 2.75) is 51.6 Å². The van der Waals surface area contributed by atoms with Gasteiger partial charge in [-0.15, -0.1) is 0 Å². The van der Waals surface area contributed by atoms with Crippen molar-refractivity contribution in [2.75, 3.05) is 27.3 Å². The third-order valence-corrected chi connectivity index (χ3v) is 4.63.